The van der Waals surface area contributed by atoms with Gasteiger partial charge in [-0.05, 0) is 24.8 Å². The van der Waals surface area contributed by atoms with Gasteiger partial charge in [-0.15, -0.1) is 0 Å². The van der Waals surface area contributed by atoms with Crippen molar-refractivity contribution in [3.8, 4) is 0 Å². The first-order chi connectivity index (χ1) is 9.15. The monoisotopic (exact) mass is 262 g/mol. The van der Waals surface area contributed by atoms with Crippen LogP contribution in [0.1, 0.15) is 37.3 Å². The van der Waals surface area contributed by atoms with Crippen LogP contribution >= 0.6 is 0 Å². The maximum absolute atomic E-state index is 11.9. The summed E-state index contributed by atoms with van der Waals surface area (Å²) in [6.45, 7) is 0.587. The lowest BCUT2D eigenvalue weighted by Crippen LogP contribution is -2.49. The quantitative estimate of drug-likeness (QED) is 0.821. The maximum Gasteiger partial charge on any atom is 0.222 e. The van der Waals surface area contributed by atoms with E-state index in [2.05, 4.69) is 5.32 Å². The summed E-state index contributed by atoms with van der Waals surface area (Å²) in [5.41, 5.74) is 6.88. The van der Waals surface area contributed by atoms with Crippen LogP contribution in [-0.4, -0.2) is 25.2 Å². The van der Waals surface area contributed by atoms with Crippen molar-refractivity contribution >= 4 is 5.91 Å². The Hall–Kier alpha value is -1.39. The zero-order chi connectivity index (χ0) is 13.7. The van der Waals surface area contributed by atoms with Gasteiger partial charge in [0, 0.05) is 26.1 Å². The molecule has 1 aliphatic carbocycles. The zero-order valence-electron chi connectivity index (χ0n) is 11.4. The van der Waals surface area contributed by atoms with Crippen LogP contribution in [0.3, 0.4) is 0 Å². The molecule has 104 valence electrons. The Morgan fingerprint density at radius 3 is 2.63 bits per heavy atom. The van der Waals surface area contributed by atoms with E-state index in [4.69, 9.17) is 10.5 Å². The summed E-state index contributed by atoms with van der Waals surface area (Å²) >= 11 is 0. The van der Waals surface area contributed by atoms with Gasteiger partial charge in [0.2, 0.25) is 5.91 Å². The van der Waals surface area contributed by atoms with Gasteiger partial charge in [-0.25, -0.2) is 0 Å². The van der Waals surface area contributed by atoms with E-state index >= 15 is 0 Å². The van der Waals surface area contributed by atoms with Gasteiger partial charge in [0.05, 0.1) is 5.60 Å². The molecule has 3 N–H and O–H groups in total. The van der Waals surface area contributed by atoms with E-state index in [0.717, 1.165) is 18.4 Å². The van der Waals surface area contributed by atoms with Crippen molar-refractivity contribution in [2.45, 2.75) is 37.3 Å². The number of benzene rings is 1. The van der Waals surface area contributed by atoms with Crippen LogP contribution in [0.15, 0.2) is 30.3 Å². The molecule has 19 heavy (non-hydrogen) atoms. The number of carbonyl (C=O) groups is 1. The molecule has 2 rings (SSSR count). The van der Waals surface area contributed by atoms with Crippen molar-refractivity contribution in [1.82, 2.24) is 5.32 Å². The van der Waals surface area contributed by atoms with Gasteiger partial charge in [-0.1, -0.05) is 30.3 Å². The van der Waals surface area contributed by atoms with Crippen LogP contribution in [-0.2, 0) is 9.53 Å². The van der Waals surface area contributed by atoms with Crippen LogP contribution in [0, 0.1) is 0 Å². The first-order valence-corrected chi connectivity index (χ1v) is 6.78. The minimum absolute atomic E-state index is 0.0142. The molecule has 1 fully saturated rings. The van der Waals surface area contributed by atoms with Crippen molar-refractivity contribution in [1.29, 1.82) is 0 Å². The Bertz CT molecular complexity index is 410. The molecule has 1 saturated carbocycles. The lowest BCUT2D eigenvalue weighted by atomic mass is 9.80. The molecule has 1 aliphatic rings. The minimum Gasteiger partial charge on any atom is -0.376 e. The largest absolute Gasteiger partial charge is 0.376 e. The Kier molecular flexibility index (Phi) is 4.56. The molecular formula is C15H22N2O2. The lowest BCUT2D eigenvalue weighted by molar-refractivity contribution is -0.125. The molecule has 4 heteroatoms. The van der Waals surface area contributed by atoms with E-state index < -0.39 is 0 Å². The highest BCUT2D eigenvalue weighted by atomic mass is 16.5. The van der Waals surface area contributed by atoms with Crippen LogP contribution in [0.4, 0.5) is 0 Å². The Morgan fingerprint density at radius 1 is 1.42 bits per heavy atom. The molecule has 0 bridgehead atoms. The number of methoxy groups -OCH3 is 1. The molecule has 1 aromatic carbocycles. The average molecular weight is 262 g/mol. The third kappa shape index (κ3) is 3.55. The summed E-state index contributed by atoms with van der Waals surface area (Å²) in [7, 11) is 1.71. The maximum atomic E-state index is 11.9. The molecule has 0 spiro atoms. The molecule has 0 radical (unpaired) electrons. The van der Waals surface area contributed by atoms with Crippen LogP contribution < -0.4 is 11.1 Å². The molecule has 0 aliphatic heterocycles. The second kappa shape index (κ2) is 6.17. The summed E-state index contributed by atoms with van der Waals surface area (Å²) < 4.78 is 5.47. The Morgan fingerprint density at radius 2 is 2.11 bits per heavy atom. The van der Waals surface area contributed by atoms with Gasteiger partial charge in [0.1, 0.15) is 0 Å². The summed E-state index contributed by atoms with van der Waals surface area (Å²) in [5.74, 6) is -0.0142. The molecule has 1 atom stereocenters. The predicted octanol–water partition coefficient (Wildman–Crippen LogP) is 1.76. The molecule has 1 unspecified atom stereocenters. The SMILES string of the molecule is COC1(CNC(=O)CC(N)c2ccccc2)CCC1. The van der Waals surface area contributed by atoms with Crippen molar-refractivity contribution in [3.05, 3.63) is 35.9 Å². The van der Waals surface area contributed by atoms with Gasteiger partial charge in [-0.3, -0.25) is 4.79 Å². The summed E-state index contributed by atoms with van der Waals surface area (Å²) in [4.78, 5) is 11.9. The highest BCUT2D eigenvalue weighted by Gasteiger charge is 2.37. The second-order valence-electron chi connectivity index (χ2n) is 5.24. The fraction of sp³-hybridized carbons (Fsp3) is 0.533. The number of nitrogens with one attached hydrogen (secondary N) is 1. The number of nitrogens with two attached hydrogens (primary N) is 1. The zero-order valence-corrected chi connectivity index (χ0v) is 11.4. The van der Waals surface area contributed by atoms with Gasteiger partial charge < -0.3 is 15.8 Å². The molecule has 0 saturated heterocycles. The first kappa shape index (κ1) is 14.0. The van der Waals surface area contributed by atoms with E-state index in [-0.39, 0.29) is 17.6 Å². The first-order valence-electron chi connectivity index (χ1n) is 6.78. The fourth-order valence-electron chi connectivity index (χ4n) is 2.37. The van der Waals surface area contributed by atoms with Gasteiger partial charge in [-0.2, -0.15) is 0 Å². The Balaban J connectivity index is 1.78. The number of ether oxygens (including phenoxy) is 1. The predicted molar refractivity (Wildman–Crippen MR) is 74.6 cm³/mol. The number of hydrogen-bond donors (Lipinski definition) is 2. The number of hydrogen-bond acceptors (Lipinski definition) is 3. The molecule has 0 aromatic heterocycles. The normalized spacial score (nSPS) is 18.4. The Labute approximate surface area is 114 Å². The third-order valence-electron chi connectivity index (χ3n) is 3.94. The summed E-state index contributed by atoms with van der Waals surface area (Å²) in [6, 6.07) is 9.44. The van der Waals surface area contributed by atoms with Crippen molar-refractivity contribution in [2.75, 3.05) is 13.7 Å². The second-order valence-corrected chi connectivity index (χ2v) is 5.24. The van der Waals surface area contributed by atoms with E-state index in [1.165, 1.54) is 6.42 Å². The third-order valence-corrected chi connectivity index (χ3v) is 3.94. The van der Waals surface area contributed by atoms with Crippen molar-refractivity contribution in [3.63, 3.8) is 0 Å². The van der Waals surface area contributed by atoms with Crippen LogP contribution in [0.2, 0.25) is 0 Å². The van der Waals surface area contributed by atoms with Crippen molar-refractivity contribution < 1.29 is 9.53 Å². The fourth-order valence-corrected chi connectivity index (χ4v) is 2.37. The number of carbonyl (C=O) groups excluding carboxylic acids is 1. The standard InChI is InChI=1S/C15H22N2O2/c1-19-15(8-5-9-15)11-17-14(18)10-13(16)12-6-3-2-4-7-12/h2-4,6-7,13H,5,8-11,16H2,1H3,(H,17,18). The average Bonchev–Trinajstić information content (AvgIpc) is 2.39. The molecule has 1 amide bonds. The topological polar surface area (TPSA) is 64.3 Å². The smallest absolute Gasteiger partial charge is 0.222 e. The highest BCUT2D eigenvalue weighted by Crippen LogP contribution is 2.34. The molecule has 1 aromatic rings. The lowest BCUT2D eigenvalue weighted by Gasteiger charge is -2.40. The molecular weight excluding hydrogens is 240 g/mol. The van der Waals surface area contributed by atoms with E-state index in [0.29, 0.717) is 13.0 Å². The van der Waals surface area contributed by atoms with Gasteiger partial charge in [0.15, 0.2) is 0 Å². The van der Waals surface area contributed by atoms with Crippen LogP contribution in [0.5, 0.6) is 0 Å². The minimum atomic E-state index is -0.249. The van der Waals surface area contributed by atoms with E-state index in [1.807, 2.05) is 30.3 Å². The van der Waals surface area contributed by atoms with Crippen molar-refractivity contribution in [2.24, 2.45) is 5.73 Å². The molecule has 0 heterocycles. The molecule has 4 nitrogen and oxygen atoms in total. The van der Waals surface area contributed by atoms with Gasteiger partial charge in [0.25, 0.3) is 0 Å². The van der Waals surface area contributed by atoms with E-state index in [1.54, 1.807) is 7.11 Å². The summed E-state index contributed by atoms with van der Waals surface area (Å²) in [5, 5.41) is 2.93. The van der Waals surface area contributed by atoms with Crippen LogP contribution in [0.25, 0.3) is 0 Å². The highest BCUT2D eigenvalue weighted by molar-refractivity contribution is 5.76. The summed E-state index contributed by atoms with van der Waals surface area (Å²) in [6.07, 6.45) is 3.53. The van der Waals surface area contributed by atoms with E-state index in [9.17, 15) is 4.79 Å². The number of rotatable bonds is 6. The number of amides is 1. The van der Waals surface area contributed by atoms with Gasteiger partial charge >= 0.3 is 0 Å².